The topological polar surface area (TPSA) is 52.6 Å². The Morgan fingerprint density at radius 1 is 1.17 bits per heavy atom. The lowest BCUT2D eigenvalue weighted by atomic mass is 9.98. The van der Waals surface area contributed by atoms with Gasteiger partial charge in [0.2, 0.25) is 0 Å². The van der Waals surface area contributed by atoms with Crippen LogP contribution in [0.25, 0.3) is 0 Å². The van der Waals surface area contributed by atoms with Gasteiger partial charge in [0.1, 0.15) is 0 Å². The summed E-state index contributed by atoms with van der Waals surface area (Å²) in [4.78, 5) is 14.8. The van der Waals surface area contributed by atoms with Crippen molar-refractivity contribution in [2.24, 2.45) is 5.92 Å². The number of anilines is 1. The molecule has 1 heterocycles. The molecule has 2 N–H and O–H groups in total. The predicted molar refractivity (Wildman–Crippen MR) is 95.9 cm³/mol. The summed E-state index contributed by atoms with van der Waals surface area (Å²) in [6.07, 6.45) is 2.23. The number of amides is 1. The molecule has 0 unspecified atom stereocenters. The number of rotatable bonds is 5. The van der Waals surface area contributed by atoms with E-state index < -0.39 is 0 Å². The molecule has 2 aromatic rings. The second kappa shape index (κ2) is 8.08. The maximum absolute atomic E-state index is 12.4. The van der Waals surface area contributed by atoms with Gasteiger partial charge in [-0.2, -0.15) is 0 Å². The molecule has 1 fully saturated rings. The van der Waals surface area contributed by atoms with Gasteiger partial charge < -0.3 is 10.4 Å². The molecule has 1 saturated heterocycles. The molecule has 1 amide bonds. The SMILES string of the molecule is O=C(Nc1ccccc1)c1cccc(CN2CCC[C@H](CO)C2)c1. The van der Waals surface area contributed by atoms with Crippen LogP contribution in [-0.4, -0.2) is 35.6 Å². The summed E-state index contributed by atoms with van der Waals surface area (Å²) in [7, 11) is 0. The summed E-state index contributed by atoms with van der Waals surface area (Å²) < 4.78 is 0. The van der Waals surface area contributed by atoms with E-state index in [1.807, 2.05) is 48.5 Å². The number of nitrogens with zero attached hydrogens (tertiary/aromatic N) is 1. The molecule has 1 atom stereocenters. The Morgan fingerprint density at radius 3 is 2.79 bits per heavy atom. The number of benzene rings is 2. The number of aliphatic hydroxyl groups is 1. The van der Waals surface area contributed by atoms with E-state index in [0.29, 0.717) is 11.5 Å². The van der Waals surface area contributed by atoms with E-state index in [2.05, 4.69) is 16.3 Å². The van der Waals surface area contributed by atoms with Crippen LogP contribution in [0.1, 0.15) is 28.8 Å². The van der Waals surface area contributed by atoms with Crippen molar-refractivity contribution >= 4 is 11.6 Å². The molecule has 0 spiro atoms. The molecule has 24 heavy (non-hydrogen) atoms. The minimum absolute atomic E-state index is 0.0880. The fourth-order valence-electron chi connectivity index (χ4n) is 3.24. The van der Waals surface area contributed by atoms with Crippen LogP contribution in [-0.2, 0) is 6.54 Å². The van der Waals surface area contributed by atoms with Gasteiger partial charge in [-0.15, -0.1) is 0 Å². The highest BCUT2D eigenvalue weighted by Gasteiger charge is 2.19. The van der Waals surface area contributed by atoms with Gasteiger partial charge in [-0.05, 0) is 55.1 Å². The molecular weight excluding hydrogens is 300 g/mol. The van der Waals surface area contributed by atoms with E-state index in [-0.39, 0.29) is 12.5 Å². The summed E-state index contributed by atoms with van der Waals surface area (Å²) >= 11 is 0. The third-order valence-corrected chi connectivity index (χ3v) is 4.49. The zero-order valence-corrected chi connectivity index (χ0v) is 13.8. The largest absolute Gasteiger partial charge is 0.396 e. The van der Waals surface area contributed by atoms with Gasteiger partial charge in [-0.1, -0.05) is 30.3 Å². The van der Waals surface area contributed by atoms with Crippen molar-refractivity contribution in [3.05, 3.63) is 65.7 Å². The summed E-state index contributed by atoms with van der Waals surface area (Å²) in [6, 6.07) is 17.3. The number of hydrogen-bond donors (Lipinski definition) is 2. The number of carbonyl (C=O) groups is 1. The van der Waals surface area contributed by atoms with Crippen LogP contribution in [0.2, 0.25) is 0 Å². The zero-order valence-electron chi connectivity index (χ0n) is 13.8. The van der Waals surface area contributed by atoms with Crippen LogP contribution >= 0.6 is 0 Å². The van der Waals surface area contributed by atoms with E-state index in [4.69, 9.17) is 0 Å². The number of hydrogen-bond acceptors (Lipinski definition) is 3. The van der Waals surface area contributed by atoms with E-state index >= 15 is 0 Å². The van der Waals surface area contributed by atoms with E-state index in [9.17, 15) is 9.90 Å². The van der Waals surface area contributed by atoms with Crippen molar-refractivity contribution in [1.82, 2.24) is 4.90 Å². The first-order chi connectivity index (χ1) is 11.7. The highest BCUT2D eigenvalue weighted by Crippen LogP contribution is 2.19. The molecule has 1 aliphatic heterocycles. The Kier molecular flexibility index (Phi) is 5.62. The van der Waals surface area contributed by atoms with Crippen molar-refractivity contribution in [1.29, 1.82) is 0 Å². The Labute approximate surface area is 143 Å². The first-order valence-corrected chi connectivity index (χ1v) is 8.53. The van der Waals surface area contributed by atoms with E-state index in [0.717, 1.165) is 43.7 Å². The van der Waals surface area contributed by atoms with E-state index in [1.54, 1.807) is 0 Å². The normalized spacial score (nSPS) is 18.3. The number of piperidine rings is 1. The fourth-order valence-corrected chi connectivity index (χ4v) is 3.24. The molecule has 0 bridgehead atoms. The molecule has 1 aliphatic rings. The van der Waals surface area contributed by atoms with Gasteiger partial charge in [-0.25, -0.2) is 0 Å². The second-order valence-electron chi connectivity index (χ2n) is 6.45. The van der Waals surface area contributed by atoms with Crippen molar-refractivity contribution in [3.8, 4) is 0 Å². The Balaban J connectivity index is 1.64. The maximum Gasteiger partial charge on any atom is 0.255 e. The molecular formula is C20H24N2O2. The molecule has 4 nitrogen and oxygen atoms in total. The van der Waals surface area contributed by atoms with Crippen molar-refractivity contribution in [2.45, 2.75) is 19.4 Å². The average Bonchev–Trinajstić information content (AvgIpc) is 2.63. The number of carbonyl (C=O) groups excluding carboxylic acids is 1. The lowest BCUT2D eigenvalue weighted by molar-refractivity contribution is 0.102. The van der Waals surface area contributed by atoms with Crippen LogP contribution in [0.4, 0.5) is 5.69 Å². The first kappa shape index (κ1) is 16.7. The second-order valence-corrected chi connectivity index (χ2v) is 6.45. The van der Waals surface area contributed by atoms with Gasteiger partial charge >= 0.3 is 0 Å². The molecule has 0 saturated carbocycles. The Bertz CT molecular complexity index is 672. The molecule has 0 radical (unpaired) electrons. The molecule has 4 heteroatoms. The summed E-state index contributed by atoms with van der Waals surface area (Å²) in [5, 5.41) is 12.3. The lowest BCUT2D eigenvalue weighted by Crippen LogP contribution is -2.36. The molecule has 0 aromatic heterocycles. The molecule has 2 aromatic carbocycles. The average molecular weight is 324 g/mol. The van der Waals surface area contributed by atoms with Crippen LogP contribution in [0.3, 0.4) is 0 Å². The molecule has 0 aliphatic carbocycles. The molecule has 126 valence electrons. The molecule has 3 rings (SSSR count). The monoisotopic (exact) mass is 324 g/mol. The summed E-state index contributed by atoms with van der Waals surface area (Å²) in [6.45, 7) is 3.06. The van der Waals surface area contributed by atoms with Gasteiger partial charge in [0.05, 0.1) is 0 Å². The van der Waals surface area contributed by atoms with Crippen molar-refractivity contribution in [3.63, 3.8) is 0 Å². The van der Waals surface area contributed by atoms with Crippen LogP contribution in [0.15, 0.2) is 54.6 Å². The Morgan fingerprint density at radius 2 is 2.00 bits per heavy atom. The quantitative estimate of drug-likeness (QED) is 0.888. The smallest absolute Gasteiger partial charge is 0.255 e. The van der Waals surface area contributed by atoms with Crippen LogP contribution in [0, 0.1) is 5.92 Å². The van der Waals surface area contributed by atoms with Gasteiger partial charge in [0.15, 0.2) is 0 Å². The number of likely N-dealkylation sites (tertiary alicyclic amines) is 1. The highest BCUT2D eigenvalue weighted by atomic mass is 16.3. The van der Waals surface area contributed by atoms with Crippen molar-refractivity contribution < 1.29 is 9.90 Å². The van der Waals surface area contributed by atoms with E-state index in [1.165, 1.54) is 0 Å². The number of para-hydroxylation sites is 1. The number of aliphatic hydroxyl groups excluding tert-OH is 1. The third-order valence-electron chi connectivity index (χ3n) is 4.49. The predicted octanol–water partition coefficient (Wildman–Crippen LogP) is 3.14. The summed E-state index contributed by atoms with van der Waals surface area (Å²) in [5.74, 6) is 0.290. The minimum atomic E-state index is -0.0880. The Hall–Kier alpha value is -2.17. The van der Waals surface area contributed by atoms with Crippen LogP contribution < -0.4 is 5.32 Å². The first-order valence-electron chi connectivity index (χ1n) is 8.53. The fraction of sp³-hybridized carbons (Fsp3) is 0.350. The minimum Gasteiger partial charge on any atom is -0.396 e. The summed E-state index contributed by atoms with van der Waals surface area (Å²) in [5.41, 5.74) is 2.61. The maximum atomic E-state index is 12.4. The highest BCUT2D eigenvalue weighted by molar-refractivity contribution is 6.04. The number of nitrogens with one attached hydrogen (secondary N) is 1. The van der Waals surface area contributed by atoms with Gasteiger partial charge in [-0.3, -0.25) is 9.69 Å². The van der Waals surface area contributed by atoms with Gasteiger partial charge in [0.25, 0.3) is 5.91 Å². The lowest BCUT2D eigenvalue weighted by Gasteiger charge is -2.31. The third kappa shape index (κ3) is 4.43. The standard InChI is InChI=1S/C20H24N2O2/c23-15-17-7-5-11-22(14-17)13-16-6-4-8-18(12-16)20(24)21-19-9-2-1-3-10-19/h1-4,6,8-10,12,17,23H,5,7,11,13-15H2,(H,21,24)/t17-/m0/s1. The van der Waals surface area contributed by atoms with Crippen molar-refractivity contribution in [2.75, 3.05) is 25.0 Å². The zero-order chi connectivity index (χ0) is 16.8. The van der Waals surface area contributed by atoms with Crippen LogP contribution in [0.5, 0.6) is 0 Å². The van der Waals surface area contributed by atoms with Gasteiger partial charge in [0, 0.05) is 30.9 Å².